The van der Waals surface area contributed by atoms with Crippen LogP contribution in [0.3, 0.4) is 0 Å². The van der Waals surface area contributed by atoms with E-state index in [0.29, 0.717) is 30.0 Å². The second-order valence-corrected chi connectivity index (χ2v) is 7.63. The molecule has 1 amide bonds. The Morgan fingerprint density at radius 3 is 2.48 bits per heavy atom. The minimum Gasteiger partial charge on any atom is -0.507 e. The summed E-state index contributed by atoms with van der Waals surface area (Å²) in [5, 5.41) is 11.1. The number of carbonyl (C=O) groups excluding carboxylic acids is 2. The number of ketones is 1. The summed E-state index contributed by atoms with van der Waals surface area (Å²) in [7, 11) is 0. The van der Waals surface area contributed by atoms with E-state index in [4.69, 9.17) is 4.74 Å². The zero-order valence-electron chi connectivity index (χ0n) is 17.9. The maximum Gasteiger partial charge on any atom is 0.295 e. The van der Waals surface area contributed by atoms with E-state index >= 15 is 0 Å². The van der Waals surface area contributed by atoms with Crippen LogP contribution in [0.1, 0.15) is 56.7 Å². The maximum atomic E-state index is 13.5. The largest absolute Gasteiger partial charge is 0.507 e. The second-order valence-electron chi connectivity index (χ2n) is 7.63. The molecule has 1 aliphatic rings. The molecule has 0 aromatic heterocycles. The monoisotopic (exact) mass is 425 g/mol. The molecular formula is C25H28FNO4. The Morgan fingerprint density at radius 2 is 1.81 bits per heavy atom. The molecule has 1 N–H and O–H groups in total. The summed E-state index contributed by atoms with van der Waals surface area (Å²) in [6.45, 7) is 4.96. The lowest BCUT2D eigenvalue weighted by molar-refractivity contribution is -0.139. The molecule has 164 valence electrons. The van der Waals surface area contributed by atoms with E-state index < -0.39 is 23.5 Å². The second kappa shape index (κ2) is 10.2. The number of rotatable bonds is 9. The molecule has 3 rings (SSSR count). The summed E-state index contributed by atoms with van der Waals surface area (Å²) in [4.78, 5) is 27.3. The Balaban J connectivity index is 2.07. The van der Waals surface area contributed by atoms with Gasteiger partial charge < -0.3 is 14.7 Å². The van der Waals surface area contributed by atoms with Crippen LogP contribution < -0.4 is 4.74 Å². The quantitative estimate of drug-likeness (QED) is 0.259. The van der Waals surface area contributed by atoms with E-state index in [9.17, 15) is 19.1 Å². The van der Waals surface area contributed by atoms with E-state index in [0.717, 1.165) is 25.7 Å². The fourth-order valence-electron chi connectivity index (χ4n) is 3.74. The van der Waals surface area contributed by atoms with Gasteiger partial charge >= 0.3 is 0 Å². The van der Waals surface area contributed by atoms with Crippen molar-refractivity contribution in [3.05, 3.63) is 71.0 Å². The molecular weight excluding hydrogens is 397 g/mol. The third-order valence-corrected chi connectivity index (χ3v) is 5.31. The van der Waals surface area contributed by atoms with Crippen LogP contribution in [-0.2, 0) is 9.59 Å². The van der Waals surface area contributed by atoms with Gasteiger partial charge in [0.25, 0.3) is 11.7 Å². The minimum absolute atomic E-state index is 0.0146. The first-order valence-electron chi connectivity index (χ1n) is 10.7. The summed E-state index contributed by atoms with van der Waals surface area (Å²) < 4.78 is 19.1. The topological polar surface area (TPSA) is 66.8 Å². The van der Waals surface area contributed by atoms with Gasteiger partial charge in [-0.25, -0.2) is 4.39 Å². The minimum atomic E-state index is -0.766. The Morgan fingerprint density at radius 1 is 1.06 bits per heavy atom. The van der Waals surface area contributed by atoms with Gasteiger partial charge in [-0.3, -0.25) is 9.59 Å². The molecule has 1 aliphatic heterocycles. The summed E-state index contributed by atoms with van der Waals surface area (Å²) in [5.41, 5.74) is 0.991. The van der Waals surface area contributed by atoms with Crippen molar-refractivity contribution in [2.24, 2.45) is 0 Å². The molecule has 1 saturated heterocycles. The van der Waals surface area contributed by atoms with Gasteiger partial charge in [0, 0.05) is 12.1 Å². The first-order chi connectivity index (χ1) is 15.0. The van der Waals surface area contributed by atoms with Crippen molar-refractivity contribution < 1.29 is 23.8 Å². The third-order valence-electron chi connectivity index (χ3n) is 5.31. The van der Waals surface area contributed by atoms with Crippen LogP contribution in [0.5, 0.6) is 5.75 Å². The lowest BCUT2D eigenvalue weighted by atomic mass is 9.95. The number of aliphatic hydroxyl groups is 1. The van der Waals surface area contributed by atoms with E-state index in [1.165, 1.54) is 17.0 Å². The molecule has 0 radical (unpaired) electrons. The number of Topliss-reactive ketones (excluding diaryl/α,β-unsaturated/α-hetero) is 1. The zero-order valence-corrected chi connectivity index (χ0v) is 17.9. The average Bonchev–Trinajstić information content (AvgIpc) is 3.03. The van der Waals surface area contributed by atoms with Gasteiger partial charge in [0.15, 0.2) is 0 Å². The summed E-state index contributed by atoms with van der Waals surface area (Å²) >= 11 is 0. The van der Waals surface area contributed by atoms with Crippen LogP contribution in [-0.4, -0.2) is 34.8 Å². The molecule has 1 atom stereocenters. The normalized spacial score (nSPS) is 17.9. The SMILES string of the molecule is CCCCCN1C(=O)C(=O)/C(=C(\O)c2cccc(OCCC)c2)C1c1ccc(F)cc1. The van der Waals surface area contributed by atoms with Crippen molar-refractivity contribution >= 4 is 17.4 Å². The molecule has 0 aliphatic carbocycles. The van der Waals surface area contributed by atoms with Crippen LogP contribution in [0.25, 0.3) is 5.76 Å². The zero-order chi connectivity index (χ0) is 22.4. The number of ether oxygens (including phenoxy) is 1. The maximum absolute atomic E-state index is 13.5. The van der Waals surface area contributed by atoms with Gasteiger partial charge in [0.05, 0.1) is 18.2 Å². The molecule has 1 heterocycles. The fourth-order valence-corrected chi connectivity index (χ4v) is 3.74. The Bertz CT molecular complexity index is 968. The van der Waals surface area contributed by atoms with Gasteiger partial charge in [0.2, 0.25) is 0 Å². The molecule has 2 aromatic rings. The fraction of sp³-hybridized carbons (Fsp3) is 0.360. The Labute approximate surface area is 182 Å². The summed E-state index contributed by atoms with van der Waals surface area (Å²) in [6, 6.07) is 11.7. The number of amides is 1. The van der Waals surface area contributed by atoms with Crippen LogP contribution in [0.2, 0.25) is 0 Å². The van der Waals surface area contributed by atoms with Crippen LogP contribution in [0, 0.1) is 5.82 Å². The van der Waals surface area contributed by atoms with Crippen LogP contribution in [0.4, 0.5) is 4.39 Å². The molecule has 1 fully saturated rings. The van der Waals surface area contributed by atoms with Crippen molar-refractivity contribution in [3.8, 4) is 5.75 Å². The smallest absolute Gasteiger partial charge is 0.295 e. The van der Waals surface area contributed by atoms with Gasteiger partial charge in [0.1, 0.15) is 17.3 Å². The summed E-state index contributed by atoms with van der Waals surface area (Å²) in [5.74, 6) is -1.48. The number of likely N-dealkylation sites (tertiary alicyclic amines) is 1. The van der Waals surface area contributed by atoms with Gasteiger partial charge in [-0.15, -0.1) is 0 Å². The Hall–Kier alpha value is -3.15. The molecule has 0 saturated carbocycles. The molecule has 0 spiro atoms. The van der Waals surface area contributed by atoms with Crippen molar-refractivity contribution in [3.63, 3.8) is 0 Å². The van der Waals surface area contributed by atoms with Crippen LogP contribution >= 0.6 is 0 Å². The van der Waals surface area contributed by atoms with Crippen molar-refractivity contribution in [1.29, 1.82) is 0 Å². The molecule has 31 heavy (non-hydrogen) atoms. The molecule has 6 heteroatoms. The lowest BCUT2D eigenvalue weighted by Crippen LogP contribution is -2.30. The highest BCUT2D eigenvalue weighted by Crippen LogP contribution is 2.40. The first-order valence-corrected chi connectivity index (χ1v) is 10.7. The third kappa shape index (κ3) is 4.95. The average molecular weight is 426 g/mol. The number of nitrogens with zero attached hydrogens (tertiary/aromatic N) is 1. The van der Waals surface area contributed by atoms with Crippen molar-refractivity contribution in [2.45, 2.75) is 45.6 Å². The molecule has 5 nitrogen and oxygen atoms in total. The highest BCUT2D eigenvalue weighted by Gasteiger charge is 2.45. The van der Waals surface area contributed by atoms with E-state index in [1.807, 2.05) is 6.92 Å². The Kier molecular flexibility index (Phi) is 7.45. The van der Waals surface area contributed by atoms with Crippen molar-refractivity contribution in [1.82, 2.24) is 4.90 Å². The lowest BCUT2D eigenvalue weighted by Gasteiger charge is -2.25. The number of unbranched alkanes of at least 4 members (excludes halogenated alkanes) is 2. The number of benzene rings is 2. The number of hydrogen-bond acceptors (Lipinski definition) is 4. The summed E-state index contributed by atoms with van der Waals surface area (Å²) in [6.07, 6.45) is 3.46. The highest BCUT2D eigenvalue weighted by atomic mass is 19.1. The first kappa shape index (κ1) is 22.5. The van der Waals surface area contributed by atoms with Crippen molar-refractivity contribution in [2.75, 3.05) is 13.2 Å². The number of aliphatic hydroxyl groups excluding tert-OH is 1. The van der Waals surface area contributed by atoms with Crippen LogP contribution in [0.15, 0.2) is 54.1 Å². The number of carbonyl (C=O) groups is 2. The predicted octanol–water partition coefficient (Wildman–Crippen LogP) is 5.23. The van der Waals surface area contributed by atoms with E-state index in [-0.39, 0.29) is 11.3 Å². The van der Waals surface area contributed by atoms with Gasteiger partial charge in [-0.1, -0.05) is 51.0 Å². The molecule has 0 bridgehead atoms. The van der Waals surface area contributed by atoms with E-state index in [2.05, 4.69) is 6.92 Å². The van der Waals surface area contributed by atoms with Gasteiger partial charge in [-0.2, -0.15) is 0 Å². The number of hydrogen-bond donors (Lipinski definition) is 1. The molecule has 1 unspecified atom stereocenters. The van der Waals surface area contributed by atoms with E-state index in [1.54, 1.807) is 36.4 Å². The standard InChI is InChI=1S/C25H28FNO4/c1-3-5-6-14-27-22(17-10-12-19(26)13-11-17)21(24(29)25(27)30)23(28)18-8-7-9-20(16-18)31-15-4-2/h7-13,16,22,28H,3-6,14-15H2,1-2H3/b23-21-. The molecule has 2 aromatic carbocycles. The predicted molar refractivity (Wildman–Crippen MR) is 117 cm³/mol. The van der Waals surface area contributed by atoms with Gasteiger partial charge in [-0.05, 0) is 42.7 Å². The highest BCUT2D eigenvalue weighted by molar-refractivity contribution is 6.46. The number of halogens is 1.